The third-order valence-electron chi connectivity index (χ3n) is 3.02. The van der Waals surface area contributed by atoms with Gasteiger partial charge < -0.3 is 10.6 Å². The summed E-state index contributed by atoms with van der Waals surface area (Å²) >= 11 is 0. The van der Waals surface area contributed by atoms with Crippen molar-refractivity contribution in [1.82, 2.24) is 9.97 Å². The van der Waals surface area contributed by atoms with Crippen molar-refractivity contribution in [3.05, 3.63) is 18.1 Å². The minimum Gasteiger partial charge on any atom is -0.382 e. The van der Waals surface area contributed by atoms with Crippen LogP contribution < -0.4 is 10.6 Å². The Kier molecular flexibility index (Phi) is 3.20. The number of nitrogens with zero attached hydrogens (tertiary/aromatic N) is 3. The van der Waals surface area contributed by atoms with Gasteiger partial charge in [0.1, 0.15) is 11.5 Å². The summed E-state index contributed by atoms with van der Waals surface area (Å²) in [6.07, 6.45) is 3.52. The number of hydrogen-bond acceptors (Lipinski definition) is 6. The molecule has 1 aromatic rings. The topological polar surface area (TPSA) is 113 Å². The maximum atomic E-state index is 11.5. The molecule has 0 amide bonds. The maximum absolute atomic E-state index is 11.5. The molecule has 0 saturated carbocycles. The molecule has 1 unspecified atom stereocenters. The third-order valence-corrected chi connectivity index (χ3v) is 4.77. The predicted octanol–water partition coefficient (Wildman–Crippen LogP) is -0.616. The molecule has 1 atom stereocenters. The maximum Gasteiger partial charge on any atom is 0.158 e. The molecule has 98 valence electrons. The highest BCUT2D eigenvalue weighted by molar-refractivity contribution is 7.91. The number of hydrogen-bond donors (Lipinski definition) is 2. The van der Waals surface area contributed by atoms with E-state index in [0.717, 1.165) is 0 Å². The van der Waals surface area contributed by atoms with Gasteiger partial charge in [0, 0.05) is 25.5 Å². The summed E-state index contributed by atoms with van der Waals surface area (Å²) in [6, 6.07) is -0.134. The lowest BCUT2D eigenvalue weighted by atomic mass is 10.2. The van der Waals surface area contributed by atoms with Crippen LogP contribution in [0.1, 0.15) is 12.1 Å². The van der Waals surface area contributed by atoms with Crippen LogP contribution in [0.25, 0.3) is 0 Å². The van der Waals surface area contributed by atoms with Gasteiger partial charge in [-0.05, 0) is 6.42 Å². The molecular weight excluding hydrogens is 254 g/mol. The number of rotatable bonds is 3. The van der Waals surface area contributed by atoms with Gasteiger partial charge in [-0.15, -0.1) is 0 Å². The van der Waals surface area contributed by atoms with Crippen molar-refractivity contribution in [2.75, 3.05) is 23.5 Å². The van der Waals surface area contributed by atoms with Gasteiger partial charge >= 0.3 is 0 Å². The van der Waals surface area contributed by atoms with E-state index in [-0.39, 0.29) is 29.1 Å². The zero-order chi connectivity index (χ0) is 13.3. The molecule has 18 heavy (non-hydrogen) atoms. The molecule has 1 saturated heterocycles. The lowest BCUT2D eigenvalue weighted by Crippen LogP contribution is -2.35. The zero-order valence-electron chi connectivity index (χ0n) is 10.00. The Labute approximate surface area is 105 Å². The number of anilines is 1. The molecular formula is C10H15N5O2S. The summed E-state index contributed by atoms with van der Waals surface area (Å²) in [7, 11) is -1.20. The van der Waals surface area contributed by atoms with Gasteiger partial charge in [0.15, 0.2) is 15.7 Å². The summed E-state index contributed by atoms with van der Waals surface area (Å²) in [5, 5.41) is 7.45. The highest BCUT2D eigenvalue weighted by atomic mass is 32.2. The average molecular weight is 269 g/mol. The molecule has 7 nitrogen and oxygen atoms in total. The molecule has 0 radical (unpaired) electrons. The molecule has 0 spiro atoms. The summed E-state index contributed by atoms with van der Waals surface area (Å²) in [5.41, 5.74) is 5.72. The number of sulfone groups is 1. The molecule has 0 bridgehead atoms. The Morgan fingerprint density at radius 2 is 2.17 bits per heavy atom. The first-order valence-electron chi connectivity index (χ1n) is 5.49. The minimum atomic E-state index is -2.96. The SMILES string of the molecule is CN(c1nccnc1C(=N)N)C1CCS(=O)(=O)C1. The number of aromatic nitrogens is 2. The fourth-order valence-corrected chi connectivity index (χ4v) is 3.81. The fourth-order valence-electron chi connectivity index (χ4n) is 2.03. The van der Waals surface area contributed by atoms with Crippen LogP contribution in [0.5, 0.6) is 0 Å². The van der Waals surface area contributed by atoms with Crippen molar-refractivity contribution < 1.29 is 8.42 Å². The van der Waals surface area contributed by atoms with Gasteiger partial charge in [-0.2, -0.15) is 0 Å². The lowest BCUT2D eigenvalue weighted by Gasteiger charge is -2.25. The van der Waals surface area contributed by atoms with Crippen LogP contribution in [0.15, 0.2) is 12.4 Å². The van der Waals surface area contributed by atoms with Crippen molar-refractivity contribution in [2.24, 2.45) is 5.73 Å². The summed E-state index contributed by atoms with van der Waals surface area (Å²) in [6.45, 7) is 0. The van der Waals surface area contributed by atoms with E-state index in [4.69, 9.17) is 11.1 Å². The molecule has 1 aliphatic heterocycles. The first kappa shape index (κ1) is 12.7. The number of nitrogen functional groups attached to an aromatic ring is 1. The monoisotopic (exact) mass is 269 g/mol. The van der Waals surface area contributed by atoms with Crippen molar-refractivity contribution in [3.63, 3.8) is 0 Å². The van der Waals surface area contributed by atoms with Gasteiger partial charge in [0.25, 0.3) is 0 Å². The van der Waals surface area contributed by atoms with Gasteiger partial charge in [0.2, 0.25) is 0 Å². The second-order valence-electron chi connectivity index (χ2n) is 4.31. The van der Waals surface area contributed by atoms with E-state index >= 15 is 0 Å². The highest BCUT2D eigenvalue weighted by Gasteiger charge is 2.32. The largest absolute Gasteiger partial charge is 0.382 e. The van der Waals surface area contributed by atoms with E-state index in [1.54, 1.807) is 11.9 Å². The minimum absolute atomic E-state index is 0.109. The van der Waals surface area contributed by atoms with Crippen LogP contribution in [0.3, 0.4) is 0 Å². The van der Waals surface area contributed by atoms with Gasteiger partial charge in [0.05, 0.1) is 11.5 Å². The predicted molar refractivity (Wildman–Crippen MR) is 68.5 cm³/mol. The van der Waals surface area contributed by atoms with Crippen molar-refractivity contribution in [2.45, 2.75) is 12.5 Å². The van der Waals surface area contributed by atoms with Crippen molar-refractivity contribution >= 4 is 21.5 Å². The van der Waals surface area contributed by atoms with Crippen LogP contribution in [-0.2, 0) is 9.84 Å². The van der Waals surface area contributed by atoms with Crippen LogP contribution in [0.2, 0.25) is 0 Å². The zero-order valence-corrected chi connectivity index (χ0v) is 10.8. The van der Waals surface area contributed by atoms with E-state index in [1.807, 2.05) is 0 Å². The molecule has 0 aromatic carbocycles. The van der Waals surface area contributed by atoms with E-state index in [0.29, 0.717) is 12.2 Å². The Hall–Kier alpha value is -1.70. The molecule has 2 heterocycles. The molecule has 8 heteroatoms. The van der Waals surface area contributed by atoms with Crippen LogP contribution >= 0.6 is 0 Å². The Balaban J connectivity index is 2.30. The Morgan fingerprint density at radius 1 is 1.50 bits per heavy atom. The van der Waals surface area contributed by atoms with Gasteiger partial charge in [-0.25, -0.2) is 18.4 Å². The fraction of sp³-hybridized carbons (Fsp3) is 0.500. The van der Waals surface area contributed by atoms with Crippen LogP contribution in [-0.4, -0.2) is 48.8 Å². The summed E-state index contributed by atoms with van der Waals surface area (Å²) < 4.78 is 22.9. The van der Waals surface area contributed by atoms with Gasteiger partial charge in [-0.1, -0.05) is 0 Å². The number of nitrogens with two attached hydrogens (primary N) is 1. The first-order valence-corrected chi connectivity index (χ1v) is 7.31. The molecule has 0 aliphatic carbocycles. The molecule has 2 rings (SSSR count). The third kappa shape index (κ3) is 2.42. The van der Waals surface area contributed by atoms with Crippen molar-refractivity contribution in [3.8, 4) is 0 Å². The average Bonchev–Trinajstić information content (AvgIpc) is 2.68. The molecule has 1 aromatic heterocycles. The number of amidine groups is 1. The second-order valence-corrected chi connectivity index (χ2v) is 6.54. The quantitative estimate of drug-likeness (QED) is 0.558. The van der Waals surface area contributed by atoms with E-state index in [9.17, 15) is 8.42 Å². The standard InChI is InChI=1S/C10H15N5O2S/c1-15(7-2-5-18(16,17)6-7)10-8(9(11)12)13-3-4-14-10/h3-4,7H,2,5-6H2,1H3,(H3,11,12). The summed E-state index contributed by atoms with van der Waals surface area (Å²) in [5.74, 6) is 0.577. The Bertz CT molecular complexity index is 571. The smallest absolute Gasteiger partial charge is 0.158 e. The Morgan fingerprint density at radius 3 is 2.72 bits per heavy atom. The van der Waals surface area contributed by atoms with Crippen LogP contribution in [0, 0.1) is 5.41 Å². The number of nitrogens with one attached hydrogen (secondary N) is 1. The van der Waals surface area contributed by atoms with E-state index in [2.05, 4.69) is 9.97 Å². The molecule has 3 N–H and O–H groups in total. The normalized spacial score (nSPS) is 21.7. The summed E-state index contributed by atoms with van der Waals surface area (Å²) in [4.78, 5) is 9.89. The second kappa shape index (κ2) is 4.52. The lowest BCUT2D eigenvalue weighted by molar-refractivity contribution is 0.600. The molecule has 1 fully saturated rings. The molecule has 1 aliphatic rings. The first-order chi connectivity index (χ1) is 8.41. The highest BCUT2D eigenvalue weighted by Crippen LogP contribution is 2.22. The van der Waals surface area contributed by atoms with Crippen molar-refractivity contribution in [1.29, 1.82) is 5.41 Å². The van der Waals surface area contributed by atoms with E-state index < -0.39 is 9.84 Å². The van der Waals surface area contributed by atoms with Gasteiger partial charge in [-0.3, -0.25) is 5.41 Å². The van der Waals surface area contributed by atoms with E-state index in [1.165, 1.54) is 12.4 Å². The van der Waals surface area contributed by atoms with Crippen LogP contribution in [0.4, 0.5) is 5.82 Å².